The fraction of sp³-hybridized carbons (Fsp3) is 0.0179. The molecule has 0 bridgehead atoms. The van der Waals surface area contributed by atoms with Crippen molar-refractivity contribution in [2.24, 2.45) is 0 Å². The highest BCUT2D eigenvalue weighted by Gasteiger charge is 2.50. The van der Waals surface area contributed by atoms with Crippen molar-refractivity contribution in [2.45, 2.75) is 5.41 Å². The summed E-state index contributed by atoms with van der Waals surface area (Å²) in [5.74, 6) is 0.687. The van der Waals surface area contributed by atoms with Gasteiger partial charge in [0.1, 0.15) is 0 Å². The molecule has 0 amide bonds. The van der Waals surface area contributed by atoms with Gasteiger partial charge in [-0.1, -0.05) is 182 Å². The van der Waals surface area contributed by atoms with Crippen molar-refractivity contribution in [2.75, 3.05) is 0 Å². The molecule has 10 aromatic rings. The van der Waals surface area contributed by atoms with E-state index in [-0.39, 0.29) is 0 Å². The van der Waals surface area contributed by atoms with Crippen molar-refractivity contribution >= 4 is 33.7 Å². The van der Waals surface area contributed by atoms with E-state index in [1.54, 1.807) is 6.20 Å². The van der Waals surface area contributed by atoms with E-state index in [4.69, 9.17) is 9.97 Å². The van der Waals surface area contributed by atoms with Crippen molar-refractivity contribution in [3.05, 3.63) is 234 Å². The molecule has 8 aromatic carbocycles. The summed E-state index contributed by atoms with van der Waals surface area (Å²) in [4.78, 5) is 15.0. The Balaban J connectivity index is 1.14. The van der Waals surface area contributed by atoms with Crippen molar-refractivity contribution in [3.8, 4) is 56.2 Å². The number of nitrogens with zero attached hydrogens (tertiary/aromatic N) is 3. The predicted molar refractivity (Wildman–Crippen MR) is 243 cm³/mol. The first kappa shape index (κ1) is 33.4. The Kier molecular flexibility index (Phi) is 7.45. The summed E-state index contributed by atoms with van der Waals surface area (Å²) in [6, 6.07) is 68.0. The minimum Gasteiger partial charge on any atom is -0.264 e. The van der Waals surface area contributed by atoms with Gasteiger partial charge >= 0.3 is 0 Å². The molecule has 0 radical (unpaired) electrons. The second-order valence-corrected chi connectivity index (χ2v) is 15.5. The second kappa shape index (κ2) is 13.2. The highest BCUT2D eigenvalue weighted by atomic mass is 14.9. The molecule has 274 valence electrons. The average Bonchev–Trinajstić information content (AvgIpc) is 3.55. The Hall–Kier alpha value is -7.75. The Labute approximate surface area is 342 Å². The molecule has 1 unspecified atom stereocenters. The molecule has 0 N–H and O–H groups in total. The topological polar surface area (TPSA) is 38.7 Å². The fourth-order valence-corrected chi connectivity index (χ4v) is 9.85. The van der Waals surface area contributed by atoms with E-state index in [1.807, 2.05) is 18.3 Å². The Bertz CT molecular complexity index is 3310. The number of benzene rings is 8. The zero-order valence-corrected chi connectivity index (χ0v) is 32.0. The molecule has 1 atom stereocenters. The number of rotatable bonds is 4. The van der Waals surface area contributed by atoms with Gasteiger partial charge in [0.05, 0.1) is 16.8 Å². The van der Waals surface area contributed by atoms with Gasteiger partial charge in [0, 0.05) is 29.1 Å². The van der Waals surface area contributed by atoms with E-state index >= 15 is 0 Å². The summed E-state index contributed by atoms with van der Waals surface area (Å²) in [6.07, 6.45) is 8.30. The molecule has 2 aliphatic carbocycles. The molecule has 0 saturated heterocycles. The standard InChI is InChI=1S/C56H35N3/c1-2-14-39(15-3-1)51-34-52(40-29-24-36(25-30-40)42-16-12-32-57-35-42)59-55(58-51)41-31-28-38-27-26-37-13-4-10-22-48(37)56(50(38)33-41)49-23-11-9-21-47(49)53-45-19-7-5-17-43(45)44-18-6-8-20-46(44)54(53)56/h1-35H. The van der Waals surface area contributed by atoms with Gasteiger partial charge in [-0.05, 0) is 95.4 Å². The summed E-state index contributed by atoms with van der Waals surface area (Å²) in [6.45, 7) is 0. The minimum absolute atomic E-state index is 0.636. The molecule has 0 saturated carbocycles. The monoisotopic (exact) mass is 749 g/mol. The van der Waals surface area contributed by atoms with Gasteiger partial charge in [-0.15, -0.1) is 0 Å². The lowest BCUT2D eigenvalue weighted by Crippen LogP contribution is -2.30. The van der Waals surface area contributed by atoms with Gasteiger partial charge in [0.25, 0.3) is 0 Å². The quantitative estimate of drug-likeness (QED) is 0.168. The maximum Gasteiger partial charge on any atom is 0.160 e. The number of fused-ring (bicyclic) bond motifs is 14. The highest BCUT2D eigenvalue weighted by molar-refractivity contribution is 6.19. The molecular weight excluding hydrogens is 715 g/mol. The normalized spacial score (nSPS) is 14.8. The molecule has 0 aliphatic heterocycles. The molecule has 2 heterocycles. The summed E-state index contributed by atoms with van der Waals surface area (Å²) < 4.78 is 0. The SMILES string of the molecule is C1=Cc2ccc(-c3nc(-c4ccccc4)cc(-c4ccc(-c5cccnc5)cc4)n3)cc2C2(c3ccccc31)c1ccccc1-c1c2c2ccccc2c2ccccc12. The van der Waals surface area contributed by atoms with E-state index < -0.39 is 5.41 Å². The number of aromatic nitrogens is 3. The molecule has 1 spiro atoms. The lowest BCUT2D eigenvalue weighted by atomic mass is 9.64. The van der Waals surface area contributed by atoms with Crippen LogP contribution in [0.3, 0.4) is 0 Å². The first-order chi connectivity index (χ1) is 29.3. The van der Waals surface area contributed by atoms with E-state index in [9.17, 15) is 0 Å². The lowest BCUT2D eigenvalue weighted by molar-refractivity contribution is 0.774. The van der Waals surface area contributed by atoms with Crippen LogP contribution in [0.2, 0.25) is 0 Å². The number of pyridine rings is 1. The molecule has 59 heavy (non-hydrogen) atoms. The van der Waals surface area contributed by atoms with Crippen LogP contribution in [0.5, 0.6) is 0 Å². The Morgan fingerprint density at radius 3 is 1.71 bits per heavy atom. The zero-order valence-electron chi connectivity index (χ0n) is 32.0. The van der Waals surface area contributed by atoms with Gasteiger partial charge in [0.2, 0.25) is 0 Å². The lowest BCUT2D eigenvalue weighted by Gasteiger charge is -2.36. The van der Waals surface area contributed by atoms with Crippen LogP contribution in [0.25, 0.3) is 89.9 Å². The summed E-state index contributed by atoms with van der Waals surface area (Å²) in [5.41, 5.74) is 16.4. The molecule has 3 nitrogen and oxygen atoms in total. The predicted octanol–water partition coefficient (Wildman–Crippen LogP) is 13.7. The molecule has 2 aliphatic rings. The number of hydrogen-bond donors (Lipinski definition) is 0. The van der Waals surface area contributed by atoms with Crippen LogP contribution in [0.1, 0.15) is 33.4 Å². The highest BCUT2D eigenvalue weighted by Crippen LogP contribution is 2.62. The van der Waals surface area contributed by atoms with Crippen LogP contribution in [0.15, 0.2) is 200 Å². The third kappa shape index (κ3) is 5.05. The Morgan fingerprint density at radius 1 is 0.373 bits per heavy atom. The Morgan fingerprint density at radius 2 is 0.949 bits per heavy atom. The fourth-order valence-electron chi connectivity index (χ4n) is 9.85. The van der Waals surface area contributed by atoms with Crippen molar-refractivity contribution < 1.29 is 0 Å². The van der Waals surface area contributed by atoms with Crippen LogP contribution in [-0.2, 0) is 5.41 Å². The molecule has 0 fully saturated rings. The van der Waals surface area contributed by atoms with Crippen molar-refractivity contribution in [1.29, 1.82) is 0 Å². The number of hydrogen-bond acceptors (Lipinski definition) is 3. The molecule has 12 rings (SSSR count). The van der Waals surface area contributed by atoms with Crippen LogP contribution >= 0.6 is 0 Å². The van der Waals surface area contributed by atoms with Crippen LogP contribution in [0.4, 0.5) is 0 Å². The van der Waals surface area contributed by atoms with Crippen molar-refractivity contribution in [1.82, 2.24) is 15.0 Å². The first-order valence-corrected chi connectivity index (χ1v) is 20.2. The van der Waals surface area contributed by atoms with E-state index in [0.717, 1.165) is 39.2 Å². The zero-order chi connectivity index (χ0) is 38.9. The maximum atomic E-state index is 5.37. The van der Waals surface area contributed by atoms with Crippen molar-refractivity contribution in [3.63, 3.8) is 0 Å². The summed E-state index contributed by atoms with van der Waals surface area (Å²) >= 11 is 0. The van der Waals surface area contributed by atoms with Gasteiger partial charge in [0.15, 0.2) is 5.82 Å². The largest absolute Gasteiger partial charge is 0.264 e. The average molecular weight is 750 g/mol. The van der Waals surface area contributed by atoms with E-state index in [1.165, 1.54) is 66.1 Å². The van der Waals surface area contributed by atoms with E-state index in [0.29, 0.717) is 5.82 Å². The molecule has 3 heteroatoms. The van der Waals surface area contributed by atoms with Gasteiger partial charge in [-0.3, -0.25) is 4.98 Å². The molecular formula is C56H35N3. The van der Waals surface area contributed by atoms with Gasteiger partial charge < -0.3 is 0 Å². The summed E-state index contributed by atoms with van der Waals surface area (Å²) in [5, 5.41) is 5.08. The molecule has 2 aromatic heterocycles. The van der Waals surface area contributed by atoms with Crippen LogP contribution in [-0.4, -0.2) is 15.0 Å². The smallest absolute Gasteiger partial charge is 0.160 e. The van der Waals surface area contributed by atoms with E-state index in [2.05, 4.69) is 193 Å². The van der Waals surface area contributed by atoms with Crippen LogP contribution < -0.4 is 0 Å². The second-order valence-electron chi connectivity index (χ2n) is 15.5. The first-order valence-electron chi connectivity index (χ1n) is 20.2. The maximum absolute atomic E-state index is 5.37. The third-order valence-electron chi connectivity index (χ3n) is 12.4. The van der Waals surface area contributed by atoms with Crippen LogP contribution in [0, 0.1) is 0 Å². The van der Waals surface area contributed by atoms with Gasteiger partial charge in [-0.25, -0.2) is 9.97 Å². The third-order valence-corrected chi connectivity index (χ3v) is 12.4. The minimum atomic E-state index is -0.636. The summed E-state index contributed by atoms with van der Waals surface area (Å²) in [7, 11) is 0. The van der Waals surface area contributed by atoms with Gasteiger partial charge in [-0.2, -0.15) is 0 Å².